The molecule has 0 atom stereocenters. The molecule has 23 heavy (non-hydrogen) atoms. The predicted molar refractivity (Wildman–Crippen MR) is 91.8 cm³/mol. The highest BCUT2D eigenvalue weighted by Crippen LogP contribution is 2.13. The van der Waals surface area contributed by atoms with Crippen LogP contribution in [0.3, 0.4) is 0 Å². The Morgan fingerprint density at radius 3 is 2.26 bits per heavy atom. The quantitative estimate of drug-likeness (QED) is 0.462. The standard InChI is InChI=1S/C13H17NO4S.C3H9N/c1-3-13(15)14-9-4-10-18-19(16,17)12-7-5-11(2)6-8-12;1-4(2)3/h3,5-8H,1,4,9-10H2,2H3,(H,14,15);1-3H3. The largest absolute Gasteiger partial charge is 0.352 e. The molecule has 1 rings (SSSR count). The maximum Gasteiger partial charge on any atom is 0.296 e. The summed E-state index contributed by atoms with van der Waals surface area (Å²) in [5.74, 6) is -0.290. The number of hydrogen-bond acceptors (Lipinski definition) is 5. The molecule has 0 saturated heterocycles. The van der Waals surface area contributed by atoms with Crippen LogP contribution in [0.1, 0.15) is 12.0 Å². The van der Waals surface area contributed by atoms with Gasteiger partial charge in [-0.1, -0.05) is 24.3 Å². The highest BCUT2D eigenvalue weighted by atomic mass is 32.2. The van der Waals surface area contributed by atoms with Crippen molar-refractivity contribution in [2.24, 2.45) is 0 Å². The first-order valence-electron chi connectivity index (χ1n) is 7.16. The number of amides is 1. The third-order valence-corrected chi connectivity index (χ3v) is 3.68. The van der Waals surface area contributed by atoms with E-state index < -0.39 is 10.1 Å². The maximum absolute atomic E-state index is 11.8. The average molecular weight is 342 g/mol. The highest BCUT2D eigenvalue weighted by Gasteiger charge is 2.14. The molecule has 1 amide bonds. The second kappa shape index (κ2) is 10.9. The summed E-state index contributed by atoms with van der Waals surface area (Å²) in [5, 5.41) is 2.53. The van der Waals surface area contributed by atoms with Gasteiger partial charge in [0.2, 0.25) is 5.91 Å². The van der Waals surface area contributed by atoms with E-state index in [4.69, 9.17) is 4.18 Å². The second-order valence-corrected chi connectivity index (χ2v) is 6.89. The van der Waals surface area contributed by atoms with Crippen LogP contribution >= 0.6 is 0 Å². The van der Waals surface area contributed by atoms with Crippen LogP contribution in [-0.4, -0.2) is 53.5 Å². The van der Waals surface area contributed by atoms with E-state index in [9.17, 15) is 13.2 Å². The normalized spacial score (nSPS) is 10.7. The van der Waals surface area contributed by atoms with Gasteiger partial charge in [0, 0.05) is 6.54 Å². The molecule has 0 aliphatic rings. The van der Waals surface area contributed by atoms with Crippen LogP contribution in [0.2, 0.25) is 0 Å². The van der Waals surface area contributed by atoms with Gasteiger partial charge in [0.25, 0.3) is 10.1 Å². The van der Waals surface area contributed by atoms with Gasteiger partial charge in [-0.25, -0.2) is 0 Å². The number of hydrogen-bond donors (Lipinski definition) is 1. The molecule has 1 N–H and O–H groups in total. The van der Waals surface area contributed by atoms with E-state index in [0.717, 1.165) is 11.6 Å². The molecule has 1 aromatic rings. The minimum Gasteiger partial charge on any atom is -0.352 e. The van der Waals surface area contributed by atoms with Gasteiger partial charge >= 0.3 is 0 Å². The van der Waals surface area contributed by atoms with E-state index in [1.54, 1.807) is 12.1 Å². The third-order valence-electron chi connectivity index (χ3n) is 2.35. The Labute approximate surface area is 139 Å². The van der Waals surface area contributed by atoms with E-state index in [2.05, 4.69) is 11.9 Å². The van der Waals surface area contributed by atoms with Gasteiger partial charge in [-0.3, -0.25) is 8.98 Å². The molecule has 1 aromatic carbocycles. The Kier molecular flexibility index (Phi) is 10.1. The number of carbonyl (C=O) groups excluding carboxylic acids is 1. The first kappa shape index (κ1) is 21.3. The van der Waals surface area contributed by atoms with Crippen molar-refractivity contribution in [1.29, 1.82) is 0 Å². The van der Waals surface area contributed by atoms with Crippen molar-refractivity contribution in [3.8, 4) is 0 Å². The molecule has 0 fully saturated rings. The number of aryl methyl sites for hydroxylation is 1. The molecule has 130 valence electrons. The first-order valence-corrected chi connectivity index (χ1v) is 8.57. The fraction of sp³-hybridized carbons (Fsp3) is 0.438. The Morgan fingerprint density at radius 2 is 1.78 bits per heavy atom. The van der Waals surface area contributed by atoms with E-state index in [1.165, 1.54) is 12.1 Å². The third kappa shape index (κ3) is 10.6. The van der Waals surface area contributed by atoms with Gasteiger partial charge in [0.05, 0.1) is 11.5 Å². The smallest absolute Gasteiger partial charge is 0.296 e. The van der Waals surface area contributed by atoms with Crippen molar-refractivity contribution in [2.45, 2.75) is 18.2 Å². The van der Waals surface area contributed by atoms with Crippen molar-refractivity contribution < 1.29 is 17.4 Å². The zero-order valence-corrected chi connectivity index (χ0v) is 15.0. The molecule has 7 heteroatoms. The van der Waals surface area contributed by atoms with Crippen LogP contribution in [0.4, 0.5) is 0 Å². The summed E-state index contributed by atoms with van der Waals surface area (Å²) in [7, 11) is 2.28. The highest BCUT2D eigenvalue weighted by molar-refractivity contribution is 7.86. The van der Waals surface area contributed by atoms with Crippen molar-refractivity contribution in [3.63, 3.8) is 0 Å². The molecule has 0 aliphatic heterocycles. The molecule has 0 bridgehead atoms. The fourth-order valence-electron chi connectivity index (χ4n) is 1.30. The molecular weight excluding hydrogens is 316 g/mol. The topological polar surface area (TPSA) is 75.7 Å². The lowest BCUT2D eigenvalue weighted by Crippen LogP contribution is -2.23. The number of benzene rings is 1. The molecular formula is C16H26N2O4S. The van der Waals surface area contributed by atoms with Crippen molar-refractivity contribution >= 4 is 16.0 Å². The molecule has 0 aliphatic carbocycles. The summed E-state index contributed by atoms with van der Waals surface area (Å²) < 4.78 is 28.4. The van der Waals surface area contributed by atoms with Gasteiger partial charge in [-0.05, 0) is 52.7 Å². The summed E-state index contributed by atoms with van der Waals surface area (Å²) in [6.07, 6.45) is 1.56. The Hall–Kier alpha value is -1.70. The van der Waals surface area contributed by atoms with Gasteiger partial charge in [0.15, 0.2) is 0 Å². The predicted octanol–water partition coefficient (Wildman–Crippen LogP) is 1.57. The minimum absolute atomic E-state index is 0.0215. The first-order chi connectivity index (χ1) is 10.7. The van der Waals surface area contributed by atoms with Crippen LogP contribution < -0.4 is 5.32 Å². The lowest BCUT2D eigenvalue weighted by molar-refractivity contribution is -0.116. The van der Waals surface area contributed by atoms with Gasteiger partial charge < -0.3 is 10.2 Å². The molecule has 0 radical (unpaired) electrons. The SMILES string of the molecule is C=CC(=O)NCCCOS(=O)(=O)c1ccc(C)cc1.CN(C)C. The fourth-order valence-corrected chi connectivity index (χ4v) is 2.24. The van der Waals surface area contributed by atoms with Crippen LogP contribution in [-0.2, 0) is 19.1 Å². The molecule has 0 aromatic heterocycles. The minimum atomic E-state index is -3.72. The average Bonchev–Trinajstić information content (AvgIpc) is 2.46. The number of nitrogens with zero attached hydrogens (tertiary/aromatic N) is 1. The Bertz CT molecular complexity index is 578. The Balaban J connectivity index is 0.00000108. The zero-order chi connectivity index (χ0) is 17.9. The van der Waals surface area contributed by atoms with Gasteiger partial charge in [-0.2, -0.15) is 8.42 Å². The lowest BCUT2D eigenvalue weighted by Gasteiger charge is -2.06. The molecule has 0 heterocycles. The van der Waals surface area contributed by atoms with E-state index >= 15 is 0 Å². The summed E-state index contributed by atoms with van der Waals surface area (Å²) >= 11 is 0. The summed E-state index contributed by atoms with van der Waals surface area (Å²) in [6.45, 7) is 5.54. The Morgan fingerprint density at radius 1 is 1.26 bits per heavy atom. The molecule has 0 unspecified atom stereocenters. The van der Waals surface area contributed by atoms with Crippen molar-refractivity contribution in [3.05, 3.63) is 42.5 Å². The van der Waals surface area contributed by atoms with E-state index in [1.807, 2.05) is 33.0 Å². The van der Waals surface area contributed by atoms with Crippen LogP contribution in [0.15, 0.2) is 41.8 Å². The van der Waals surface area contributed by atoms with Crippen LogP contribution in [0.25, 0.3) is 0 Å². The summed E-state index contributed by atoms with van der Waals surface area (Å²) in [4.78, 5) is 13.0. The summed E-state index contributed by atoms with van der Waals surface area (Å²) in [5.41, 5.74) is 0.978. The molecule has 0 spiro atoms. The van der Waals surface area contributed by atoms with E-state index in [-0.39, 0.29) is 17.4 Å². The van der Waals surface area contributed by atoms with Gasteiger partial charge in [-0.15, -0.1) is 0 Å². The maximum atomic E-state index is 11.8. The zero-order valence-electron chi connectivity index (χ0n) is 14.2. The molecule has 6 nitrogen and oxygen atoms in total. The number of nitrogens with one attached hydrogen (secondary N) is 1. The second-order valence-electron chi connectivity index (χ2n) is 5.28. The van der Waals surface area contributed by atoms with Crippen LogP contribution in [0.5, 0.6) is 0 Å². The lowest BCUT2D eigenvalue weighted by atomic mass is 10.2. The van der Waals surface area contributed by atoms with Gasteiger partial charge in [0.1, 0.15) is 0 Å². The monoisotopic (exact) mass is 342 g/mol. The summed E-state index contributed by atoms with van der Waals surface area (Å²) in [6, 6.07) is 6.43. The van der Waals surface area contributed by atoms with Crippen LogP contribution in [0, 0.1) is 6.92 Å². The van der Waals surface area contributed by atoms with E-state index in [0.29, 0.717) is 13.0 Å². The number of carbonyl (C=O) groups is 1. The van der Waals surface area contributed by atoms with Crippen molar-refractivity contribution in [1.82, 2.24) is 10.2 Å². The number of rotatable bonds is 7. The molecule has 0 saturated carbocycles. The van der Waals surface area contributed by atoms with Crippen molar-refractivity contribution in [2.75, 3.05) is 34.3 Å².